The number of anilines is 2. The lowest BCUT2D eigenvalue weighted by Gasteiger charge is -2.22. The molecule has 2 aromatic carbocycles. The van der Waals surface area contributed by atoms with E-state index in [4.69, 9.17) is 9.47 Å². The van der Waals surface area contributed by atoms with Gasteiger partial charge in [-0.3, -0.25) is 9.80 Å². The van der Waals surface area contributed by atoms with Gasteiger partial charge in [0.2, 0.25) is 17.3 Å². The van der Waals surface area contributed by atoms with Gasteiger partial charge >= 0.3 is 0 Å². The van der Waals surface area contributed by atoms with Crippen LogP contribution in [-0.4, -0.2) is 102 Å². The molecule has 0 unspecified atom stereocenters. The van der Waals surface area contributed by atoms with E-state index in [1.54, 1.807) is 53.7 Å². The van der Waals surface area contributed by atoms with Crippen molar-refractivity contribution >= 4 is 46.4 Å². The minimum atomic E-state index is -0.504. The molecule has 11 nitrogen and oxygen atoms in total. The zero-order valence-corrected chi connectivity index (χ0v) is 28.0. The zero-order chi connectivity index (χ0) is 33.8. The van der Waals surface area contributed by atoms with Crippen molar-refractivity contribution in [3.63, 3.8) is 0 Å². The average Bonchev–Trinajstić information content (AvgIpc) is 3.07. The molecular formula is C35H44FN8O3+. The molecule has 5 rings (SSSR count). The number of nitrogens with one attached hydrogen (secondary N) is 1. The summed E-state index contributed by atoms with van der Waals surface area (Å²) in [7, 11) is 5.50. The second-order valence-corrected chi connectivity index (χ2v) is 11.1. The first kappa shape index (κ1) is 34.8. The largest absolute Gasteiger partial charge is 0.490 e. The number of hydrazone groups is 1. The Bertz CT molecular complexity index is 1700. The van der Waals surface area contributed by atoms with Gasteiger partial charge in [0.05, 0.1) is 43.3 Å². The molecule has 0 aliphatic carbocycles. The molecular weight excluding hydrogens is 599 g/mol. The number of nitrogens with zero attached hydrogens (tertiary/aromatic N) is 7. The number of amides is 1. The molecule has 0 saturated carbocycles. The standard InChI is InChI=1S/C32H36FN8O3.C3H8/c1-5-36-41-15-12-23(13-16-41)44-24-8-9-26(25(33)21-24)37-32-30-27(34-22-35-32)10-11-28(31(30)43-4)39-17-19-40(20-18-39)29(42)7-6-14-38(2)3;1-3-2/h5-13,15,17,21-22H,14,16,18-20H2,1-4H3,(H,34,35,37);3H2,1-2H3/q+1;/b7-6+,36-5-;. The van der Waals surface area contributed by atoms with Crippen LogP contribution in [0.4, 0.5) is 21.6 Å². The summed E-state index contributed by atoms with van der Waals surface area (Å²) in [6.07, 6.45) is 15.3. The van der Waals surface area contributed by atoms with Crippen LogP contribution in [0.3, 0.4) is 0 Å². The Morgan fingerprint density at radius 2 is 2.00 bits per heavy atom. The maximum absolute atomic E-state index is 15.3. The fourth-order valence-corrected chi connectivity index (χ4v) is 4.84. The number of likely N-dealkylation sites (N-methyl/N-ethyl adjacent to an activating group) is 1. The summed E-state index contributed by atoms with van der Waals surface area (Å²) in [5.74, 6) is 1.39. The number of halogens is 1. The average molecular weight is 644 g/mol. The van der Waals surface area contributed by atoms with E-state index < -0.39 is 5.82 Å². The number of carbonyl (C=O) groups is 1. The van der Waals surface area contributed by atoms with Crippen molar-refractivity contribution in [1.29, 1.82) is 0 Å². The number of methoxy groups -OCH3 is 1. The second-order valence-electron chi connectivity index (χ2n) is 11.1. The van der Waals surface area contributed by atoms with Gasteiger partial charge in [-0.05, 0) is 51.4 Å². The zero-order valence-electron chi connectivity index (χ0n) is 28.0. The molecule has 0 atom stereocenters. The molecule has 2 aliphatic heterocycles. The topological polar surface area (TPSA) is 98.4 Å². The number of benzene rings is 2. The predicted octanol–water partition coefficient (Wildman–Crippen LogP) is 5.71. The number of rotatable bonds is 10. The third-order valence-electron chi connectivity index (χ3n) is 7.01. The van der Waals surface area contributed by atoms with Crippen molar-refractivity contribution in [2.45, 2.75) is 27.2 Å². The van der Waals surface area contributed by atoms with Crippen molar-refractivity contribution in [3.05, 3.63) is 78.7 Å². The van der Waals surface area contributed by atoms with E-state index in [1.807, 2.05) is 56.4 Å². The van der Waals surface area contributed by atoms with Crippen molar-refractivity contribution in [3.8, 4) is 11.5 Å². The number of hydrogen-bond donors (Lipinski definition) is 1. The van der Waals surface area contributed by atoms with Crippen LogP contribution in [0, 0.1) is 5.82 Å². The van der Waals surface area contributed by atoms with Crippen LogP contribution in [0.5, 0.6) is 11.5 Å². The van der Waals surface area contributed by atoms with Gasteiger partial charge in [-0.25, -0.2) is 14.4 Å². The first-order valence-corrected chi connectivity index (χ1v) is 15.7. The van der Waals surface area contributed by atoms with E-state index in [-0.39, 0.29) is 11.6 Å². The third-order valence-corrected chi connectivity index (χ3v) is 7.01. The Morgan fingerprint density at radius 3 is 2.64 bits per heavy atom. The van der Waals surface area contributed by atoms with Crippen LogP contribution >= 0.6 is 0 Å². The van der Waals surface area contributed by atoms with E-state index in [9.17, 15) is 4.79 Å². The second kappa shape index (κ2) is 17.0. The molecule has 0 fully saturated rings. The third kappa shape index (κ3) is 9.23. The Hall–Kier alpha value is -5.10. The van der Waals surface area contributed by atoms with E-state index in [0.717, 1.165) is 5.69 Å². The smallest absolute Gasteiger partial charge is 0.248 e. The minimum absolute atomic E-state index is 0.0215. The van der Waals surface area contributed by atoms with Gasteiger partial charge in [-0.15, -0.1) is 0 Å². The van der Waals surface area contributed by atoms with Crippen molar-refractivity contribution in [2.24, 2.45) is 5.10 Å². The molecule has 1 aromatic heterocycles. The normalized spacial score (nSPS) is 14.7. The number of allylic oxidation sites excluding steroid dienone is 1. The van der Waals surface area contributed by atoms with Crippen LogP contribution in [0.2, 0.25) is 0 Å². The van der Waals surface area contributed by atoms with Gasteiger partial charge in [0, 0.05) is 37.2 Å². The molecule has 3 heterocycles. The molecule has 3 aromatic rings. The summed E-state index contributed by atoms with van der Waals surface area (Å²) in [5, 5.41) is 9.68. The molecule has 1 amide bonds. The summed E-state index contributed by atoms with van der Waals surface area (Å²) in [5.41, 5.74) is 1.66. The molecule has 2 aliphatic rings. The van der Waals surface area contributed by atoms with Crippen molar-refractivity contribution in [1.82, 2.24) is 24.8 Å². The maximum atomic E-state index is 15.3. The van der Waals surface area contributed by atoms with Gasteiger partial charge in [-0.2, -0.15) is 9.68 Å². The summed E-state index contributed by atoms with van der Waals surface area (Å²) < 4.78 is 29.1. The fraction of sp³-hybridized carbons (Fsp3) is 0.343. The molecule has 0 bridgehead atoms. The van der Waals surface area contributed by atoms with Crippen molar-refractivity contribution in [2.75, 3.05) is 59.2 Å². The number of carbonyl (C=O) groups excluding carboxylic acids is 1. The Morgan fingerprint density at radius 1 is 1.19 bits per heavy atom. The van der Waals surface area contributed by atoms with Crippen molar-refractivity contribution < 1.29 is 23.2 Å². The summed E-state index contributed by atoms with van der Waals surface area (Å²) in [6.45, 7) is 8.95. The van der Waals surface area contributed by atoms with Crippen LogP contribution in [0.25, 0.3) is 10.9 Å². The van der Waals surface area contributed by atoms with E-state index in [2.05, 4.69) is 38.8 Å². The van der Waals surface area contributed by atoms with Crippen LogP contribution < -0.4 is 14.8 Å². The molecule has 248 valence electrons. The number of ether oxygens (including phenoxy) is 2. The highest BCUT2D eigenvalue weighted by atomic mass is 19.1. The Balaban J connectivity index is 0.00000160. The van der Waals surface area contributed by atoms with Gasteiger partial charge < -0.3 is 24.6 Å². The molecule has 0 spiro atoms. The van der Waals surface area contributed by atoms with E-state index >= 15 is 4.39 Å². The molecule has 0 saturated heterocycles. The monoisotopic (exact) mass is 643 g/mol. The lowest BCUT2D eigenvalue weighted by atomic mass is 10.1. The number of hydrogen-bond acceptors (Lipinski definition) is 9. The van der Waals surface area contributed by atoms with Crippen LogP contribution in [0.15, 0.2) is 78.0 Å². The first-order valence-electron chi connectivity index (χ1n) is 15.7. The summed E-state index contributed by atoms with van der Waals surface area (Å²) in [4.78, 5) is 25.2. The lowest BCUT2D eigenvalue weighted by molar-refractivity contribution is -0.442. The molecule has 12 heteroatoms. The fourth-order valence-electron chi connectivity index (χ4n) is 4.84. The predicted molar refractivity (Wildman–Crippen MR) is 186 cm³/mol. The highest BCUT2D eigenvalue weighted by Crippen LogP contribution is 2.39. The minimum Gasteiger partial charge on any atom is -0.490 e. The molecule has 0 radical (unpaired) electrons. The molecule has 1 N–H and O–H groups in total. The SMILES string of the molecule is C/C=N\N1C=CC(Oc2ccc(Nc3ncnc4ccc([N+]5=CCN(C(=O)/C=C/CN(C)C)CC5)c(OC)c34)c(F)c2)=CC1.CCC. The highest BCUT2D eigenvalue weighted by Gasteiger charge is 2.26. The highest BCUT2D eigenvalue weighted by molar-refractivity contribution is 5.98. The van der Waals surface area contributed by atoms with Gasteiger partial charge in [-0.1, -0.05) is 26.3 Å². The van der Waals surface area contributed by atoms with E-state index in [1.165, 1.54) is 18.8 Å². The van der Waals surface area contributed by atoms with E-state index in [0.29, 0.717) is 66.7 Å². The van der Waals surface area contributed by atoms with Gasteiger partial charge in [0.15, 0.2) is 12.8 Å². The Kier molecular flexibility index (Phi) is 12.6. The first-order chi connectivity index (χ1) is 22.8. The molecule has 47 heavy (non-hydrogen) atoms. The van der Waals surface area contributed by atoms with Crippen LogP contribution in [-0.2, 0) is 4.79 Å². The quantitative estimate of drug-likeness (QED) is 0.171. The summed E-state index contributed by atoms with van der Waals surface area (Å²) >= 11 is 0. The maximum Gasteiger partial charge on any atom is 0.248 e. The lowest BCUT2D eigenvalue weighted by Crippen LogP contribution is -2.41. The number of aromatic nitrogens is 2. The Labute approximate surface area is 276 Å². The summed E-state index contributed by atoms with van der Waals surface area (Å²) in [6, 6.07) is 8.42. The number of fused-ring (bicyclic) bond motifs is 1. The van der Waals surface area contributed by atoms with Gasteiger partial charge in [0.25, 0.3) is 0 Å². The van der Waals surface area contributed by atoms with Gasteiger partial charge in [0.1, 0.15) is 29.5 Å². The van der Waals surface area contributed by atoms with Crippen LogP contribution in [0.1, 0.15) is 27.2 Å².